The van der Waals surface area contributed by atoms with Gasteiger partial charge in [-0.15, -0.1) is 0 Å². The first kappa shape index (κ1) is 14.6. The molecule has 112 valence electrons. The van der Waals surface area contributed by atoms with Crippen molar-refractivity contribution in [2.45, 2.75) is 13.1 Å². The van der Waals surface area contributed by atoms with Crippen molar-refractivity contribution < 1.29 is 14.7 Å². The van der Waals surface area contributed by atoms with Crippen LogP contribution in [0.4, 0.5) is 4.79 Å². The zero-order valence-corrected chi connectivity index (χ0v) is 11.5. The summed E-state index contributed by atoms with van der Waals surface area (Å²) >= 11 is 0. The molecule has 21 heavy (non-hydrogen) atoms. The molecule has 0 atom stereocenters. The highest BCUT2D eigenvalue weighted by molar-refractivity contribution is 5.84. The molecule has 2 aromatic heterocycles. The molecule has 2 amide bonds. The highest BCUT2D eigenvalue weighted by Crippen LogP contribution is 1.95. The quantitative estimate of drug-likeness (QED) is 0.683. The lowest BCUT2D eigenvalue weighted by Crippen LogP contribution is -2.36. The Kier molecular flexibility index (Phi) is 4.54. The molecule has 0 saturated carbocycles. The first-order chi connectivity index (χ1) is 10.0. The van der Waals surface area contributed by atoms with Crippen molar-refractivity contribution >= 4 is 12.0 Å². The van der Waals surface area contributed by atoms with Crippen molar-refractivity contribution in [3.63, 3.8) is 0 Å². The van der Waals surface area contributed by atoms with E-state index in [1.807, 2.05) is 6.07 Å². The molecule has 0 bridgehead atoms. The Bertz CT molecular complexity index is 632. The lowest BCUT2D eigenvalue weighted by Gasteiger charge is -2.06. The number of rotatable bonds is 6. The van der Waals surface area contributed by atoms with Crippen LogP contribution in [0.5, 0.6) is 0 Å². The zero-order valence-electron chi connectivity index (χ0n) is 11.5. The Morgan fingerprint density at radius 2 is 2.19 bits per heavy atom. The third kappa shape index (κ3) is 4.34. The summed E-state index contributed by atoms with van der Waals surface area (Å²) in [7, 11) is 1.81. The van der Waals surface area contributed by atoms with Crippen molar-refractivity contribution in [3.8, 4) is 0 Å². The number of carboxylic acid groups (broad SMARTS) is 1. The van der Waals surface area contributed by atoms with Gasteiger partial charge in [0.2, 0.25) is 0 Å². The Labute approximate surface area is 120 Å². The summed E-state index contributed by atoms with van der Waals surface area (Å²) in [5.74, 6) is -1.07. The number of hydrogen-bond donors (Lipinski definition) is 3. The van der Waals surface area contributed by atoms with Gasteiger partial charge in [-0.05, 0) is 6.07 Å². The second kappa shape index (κ2) is 6.55. The normalized spacial score (nSPS) is 10.3. The summed E-state index contributed by atoms with van der Waals surface area (Å²) < 4.78 is 3.26. The smallest absolute Gasteiger partial charge is 0.356 e. The van der Waals surface area contributed by atoms with Gasteiger partial charge in [0.15, 0.2) is 5.69 Å². The van der Waals surface area contributed by atoms with Crippen LogP contribution < -0.4 is 10.6 Å². The minimum atomic E-state index is -1.07. The molecule has 0 aliphatic carbocycles. The standard InChI is InChI=1S/C12H16N6O3/c1-17-4-2-9(16-17)6-14-12(21)13-3-5-18-7-10(11(19)20)15-8-18/h2,4,7-8H,3,5-6H2,1H3,(H,19,20)(H2,13,14,21). The SMILES string of the molecule is Cn1ccc(CNC(=O)NCCn2cnc(C(=O)O)c2)n1. The van der Waals surface area contributed by atoms with Gasteiger partial charge in [-0.3, -0.25) is 4.68 Å². The fourth-order valence-electron chi connectivity index (χ4n) is 1.68. The summed E-state index contributed by atoms with van der Waals surface area (Å²) in [6.45, 7) is 1.15. The molecule has 0 spiro atoms. The van der Waals surface area contributed by atoms with Crippen molar-refractivity contribution in [2.75, 3.05) is 6.54 Å². The van der Waals surface area contributed by atoms with E-state index in [2.05, 4.69) is 20.7 Å². The Hall–Kier alpha value is -2.84. The third-order valence-corrected chi connectivity index (χ3v) is 2.71. The second-order valence-corrected chi connectivity index (χ2v) is 4.39. The van der Waals surface area contributed by atoms with Gasteiger partial charge in [0.25, 0.3) is 0 Å². The number of imidazole rings is 1. The first-order valence-corrected chi connectivity index (χ1v) is 6.30. The van der Waals surface area contributed by atoms with Crippen molar-refractivity contribution in [3.05, 3.63) is 36.2 Å². The molecule has 2 heterocycles. The molecule has 0 radical (unpaired) electrons. The number of amides is 2. The Balaban J connectivity index is 1.67. The van der Waals surface area contributed by atoms with E-state index in [0.717, 1.165) is 5.69 Å². The lowest BCUT2D eigenvalue weighted by atomic mass is 10.4. The van der Waals surface area contributed by atoms with Crippen LogP contribution in [0, 0.1) is 0 Å². The monoisotopic (exact) mass is 292 g/mol. The predicted octanol–water partition coefficient (Wildman–Crippen LogP) is -0.186. The van der Waals surface area contributed by atoms with Gasteiger partial charge < -0.3 is 20.3 Å². The summed E-state index contributed by atoms with van der Waals surface area (Å²) in [4.78, 5) is 25.9. The van der Waals surface area contributed by atoms with Gasteiger partial charge >= 0.3 is 12.0 Å². The molecule has 0 saturated heterocycles. The summed E-state index contributed by atoms with van der Waals surface area (Å²) in [6.07, 6.45) is 4.63. The van der Waals surface area contributed by atoms with Gasteiger partial charge in [-0.1, -0.05) is 0 Å². The van der Waals surface area contributed by atoms with E-state index in [1.54, 1.807) is 22.5 Å². The third-order valence-electron chi connectivity index (χ3n) is 2.71. The Morgan fingerprint density at radius 1 is 1.38 bits per heavy atom. The van der Waals surface area contributed by atoms with Crippen molar-refractivity contribution in [1.29, 1.82) is 0 Å². The minimum absolute atomic E-state index is 0.0189. The second-order valence-electron chi connectivity index (χ2n) is 4.39. The van der Waals surface area contributed by atoms with E-state index in [1.165, 1.54) is 12.5 Å². The summed E-state index contributed by atoms with van der Waals surface area (Å²) in [5.41, 5.74) is 0.753. The zero-order chi connectivity index (χ0) is 15.2. The number of carboxylic acids is 1. The number of nitrogens with zero attached hydrogens (tertiary/aromatic N) is 4. The van der Waals surface area contributed by atoms with Gasteiger partial charge in [-0.2, -0.15) is 5.10 Å². The maximum absolute atomic E-state index is 11.6. The van der Waals surface area contributed by atoms with E-state index < -0.39 is 5.97 Å². The highest BCUT2D eigenvalue weighted by Gasteiger charge is 2.06. The molecule has 0 aliphatic heterocycles. The van der Waals surface area contributed by atoms with Gasteiger partial charge in [-0.25, -0.2) is 14.6 Å². The molecule has 0 unspecified atom stereocenters. The number of nitrogens with one attached hydrogen (secondary N) is 2. The van der Waals surface area contributed by atoms with Crippen LogP contribution in [0.1, 0.15) is 16.2 Å². The van der Waals surface area contributed by atoms with Crippen LogP contribution in [0.3, 0.4) is 0 Å². The maximum Gasteiger partial charge on any atom is 0.356 e. The molecule has 9 nitrogen and oxygen atoms in total. The van der Waals surface area contributed by atoms with E-state index in [0.29, 0.717) is 19.6 Å². The number of hydrogen-bond acceptors (Lipinski definition) is 4. The fourth-order valence-corrected chi connectivity index (χ4v) is 1.68. The number of urea groups is 1. The topological polar surface area (TPSA) is 114 Å². The lowest BCUT2D eigenvalue weighted by molar-refractivity contribution is 0.0691. The van der Waals surface area contributed by atoms with Gasteiger partial charge in [0.1, 0.15) is 0 Å². The van der Waals surface area contributed by atoms with Crippen LogP contribution in [0.2, 0.25) is 0 Å². The van der Waals surface area contributed by atoms with Gasteiger partial charge in [0, 0.05) is 32.5 Å². The molecule has 0 aromatic carbocycles. The first-order valence-electron chi connectivity index (χ1n) is 6.30. The van der Waals surface area contributed by atoms with E-state index in [4.69, 9.17) is 5.11 Å². The average Bonchev–Trinajstić information content (AvgIpc) is 3.05. The maximum atomic E-state index is 11.6. The number of aromatic carboxylic acids is 1. The van der Waals surface area contributed by atoms with Crippen LogP contribution >= 0.6 is 0 Å². The number of aryl methyl sites for hydroxylation is 1. The molecule has 9 heteroatoms. The van der Waals surface area contributed by atoms with Crippen molar-refractivity contribution in [1.82, 2.24) is 30.0 Å². The highest BCUT2D eigenvalue weighted by atomic mass is 16.4. The van der Waals surface area contributed by atoms with E-state index in [-0.39, 0.29) is 11.7 Å². The molecule has 0 fully saturated rings. The van der Waals surface area contributed by atoms with E-state index in [9.17, 15) is 9.59 Å². The number of carbonyl (C=O) groups excluding carboxylic acids is 1. The molecule has 0 aliphatic rings. The largest absolute Gasteiger partial charge is 0.476 e. The molecular formula is C12H16N6O3. The summed E-state index contributed by atoms with van der Waals surface area (Å²) in [6, 6.07) is 1.51. The van der Waals surface area contributed by atoms with Gasteiger partial charge in [0.05, 0.1) is 18.6 Å². The average molecular weight is 292 g/mol. The van der Waals surface area contributed by atoms with Crippen LogP contribution in [0.15, 0.2) is 24.8 Å². The molecule has 2 rings (SSSR count). The van der Waals surface area contributed by atoms with E-state index >= 15 is 0 Å². The van der Waals surface area contributed by atoms with Crippen molar-refractivity contribution in [2.24, 2.45) is 7.05 Å². The predicted molar refractivity (Wildman–Crippen MR) is 72.6 cm³/mol. The van der Waals surface area contributed by atoms with Crippen LogP contribution in [-0.2, 0) is 20.1 Å². The van der Waals surface area contributed by atoms with Crippen LogP contribution in [-0.4, -0.2) is 43.0 Å². The number of carbonyl (C=O) groups is 2. The minimum Gasteiger partial charge on any atom is -0.476 e. The van der Waals surface area contributed by atoms with Crippen LogP contribution in [0.25, 0.3) is 0 Å². The number of aromatic nitrogens is 4. The molecule has 3 N–H and O–H groups in total. The molecular weight excluding hydrogens is 276 g/mol. The summed E-state index contributed by atoms with van der Waals surface area (Å²) in [5, 5.41) is 18.2. The fraction of sp³-hybridized carbons (Fsp3) is 0.333. The molecule has 2 aromatic rings. The Morgan fingerprint density at radius 3 is 2.81 bits per heavy atom.